The minimum atomic E-state index is -4.64. The summed E-state index contributed by atoms with van der Waals surface area (Å²) in [6.45, 7) is 26.1. The molecule has 7 atom stereocenters. The van der Waals surface area contributed by atoms with Gasteiger partial charge in [-0.05, 0) is 168 Å². The number of rotatable bonds is 19. The maximum atomic E-state index is 14.1. The molecule has 4 fully saturated rings. The molecule has 5 aliphatic carbocycles. The van der Waals surface area contributed by atoms with Crippen LogP contribution in [0.25, 0.3) is 5.57 Å². The number of ether oxygens (including phenoxy) is 2. The first-order chi connectivity index (χ1) is 41.8. The van der Waals surface area contributed by atoms with Crippen molar-refractivity contribution in [1.82, 2.24) is 19.1 Å². The Morgan fingerprint density at radius 1 is 0.697 bits per heavy atom. The van der Waals surface area contributed by atoms with Gasteiger partial charge in [0.15, 0.2) is 0 Å². The average molecular weight is 1550 g/mol. The van der Waals surface area contributed by atoms with Gasteiger partial charge in [-0.15, -0.1) is 0 Å². The van der Waals surface area contributed by atoms with Crippen LogP contribution in [-0.4, -0.2) is 84.4 Å². The van der Waals surface area contributed by atoms with E-state index >= 15 is 0 Å². The average Bonchev–Trinajstić information content (AvgIpc) is 1.56. The fourth-order valence-corrected chi connectivity index (χ4v) is 13.7. The quantitative estimate of drug-likeness (QED) is 0.0141. The SMILES string of the molecule is C[Si](C)(C)CCOCn1ccnc1C(O)c1ccc(F)cc1C12CCCC1C2.C[Si](C)(C)CCOCn1ccnc1C(O)c1ccc(F)cc1C1=CCCC1.ICI.O=CC(F)(F)F.OC(C1=NC=CC1)c1ccc(F)cc1C12CCCC1C2.[CH2-]C.[CH2-]C.[Zn+2]. The zero-order chi connectivity index (χ0) is 65.0. The zero-order valence-corrected chi connectivity index (χ0v) is 62.4. The second-order valence-corrected chi connectivity index (χ2v) is 40.8. The van der Waals surface area contributed by atoms with Gasteiger partial charge in [0.25, 0.3) is 0 Å². The predicted octanol–water partition coefficient (Wildman–Crippen LogP) is 17.7. The summed E-state index contributed by atoms with van der Waals surface area (Å²) in [5, 5.41) is 32.7. The third kappa shape index (κ3) is 22.5. The maximum absolute atomic E-state index is 14.1. The number of benzene rings is 3. The fraction of sp³-hybridized carbons (Fsp3) is 0.522. The van der Waals surface area contributed by atoms with Crippen LogP contribution in [0, 0.1) is 43.1 Å². The summed E-state index contributed by atoms with van der Waals surface area (Å²) < 4.78 is 89.4. The molecule has 0 radical (unpaired) electrons. The Morgan fingerprint density at radius 2 is 1.12 bits per heavy atom. The molecule has 0 bridgehead atoms. The van der Waals surface area contributed by atoms with E-state index in [1.165, 1.54) is 52.4 Å². The summed E-state index contributed by atoms with van der Waals surface area (Å²) in [6, 6.07) is 16.5. The molecule has 22 heteroatoms. The summed E-state index contributed by atoms with van der Waals surface area (Å²) in [4.78, 5) is 21.7. The molecule has 11 nitrogen and oxygen atoms in total. The number of imidazole rings is 2. The van der Waals surface area contributed by atoms with Gasteiger partial charge in [0, 0.05) is 66.8 Å². The molecule has 6 aliphatic rings. The van der Waals surface area contributed by atoms with Gasteiger partial charge in [-0.25, -0.2) is 23.1 Å². The van der Waals surface area contributed by atoms with E-state index in [4.69, 9.17) is 14.3 Å². The van der Waals surface area contributed by atoms with Crippen molar-refractivity contribution in [2.75, 3.05) is 15.6 Å². The van der Waals surface area contributed by atoms with Gasteiger partial charge in [-0.1, -0.05) is 128 Å². The van der Waals surface area contributed by atoms with Crippen LogP contribution < -0.4 is 0 Å². The molecule has 3 heterocycles. The number of halogens is 8. The molecule has 486 valence electrons. The standard InChI is InChI=1S/C22H31FN2O2Si.C21H29FN2O2Si.C17H18FNO.C2HF3O.2C2H5.CH2I2.Zn/c1-28(2,3)12-11-27-15-25-10-9-24-21(25)20(26)18-7-6-17(23)13-19(18)22-8-4-5-16(22)14-22;1-27(2,3)13-12-26-15-24-11-10-23-21(24)20(25)18-9-8-17(22)14-19(18)16-6-4-5-7-16;18-12-5-6-13(16(20)15-4-2-8-19-15)14(9-12)17-7-1-3-11(17)10-17;3-2(4,5)1-6;2*1-2;2-1-3;/h6-7,9-10,13,16,20,26H,4-5,8,11-12,14-15H2,1-3H3;6,8-11,14,20,25H,4-5,7,12-13,15H2,1-3H3;2,5-6,8-9,11,16,20H,1,3-4,7,10H2;1H;2*1H2,2H3;1H2;/q;;;;2*-1;;+2. The van der Waals surface area contributed by atoms with Gasteiger partial charge >= 0.3 is 25.7 Å². The molecule has 89 heavy (non-hydrogen) atoms. The van der Waals surface area contributed by atoms with Crippen molar-refractivity contribution in [3.63, 3.8) is 0 Å². The Kier molecular flexibility index (Phi) is 32.1. The number of fused-ring (bicyclic) bond motifs is 2. The third-order valence-electron chi connectivity index (χ3n) is 16.8. The molecule has 1 aliphatic heterocycles. The predicted molar refractivity (Wildman–Crippen MR) is 362 cm³/mol. The van der Waals surface area contributed by atoms with Crippen molar-refractivity contribution in [2.45, 2.75) is 191 Å². The summed E-state index contributed by atoms with van der Waals surface area (Å²) in [7, 11) is -2.27. The number of hydrogen-bond donors (Lipinski definition) is 3. The topological polar surface area (TPSA) is 144 Å². The first kappa shape index (κ1) is 78.2. The van der Waals surface area contributed by atoms with Crippen molar-refractivity contribution < 1.29 is 75.4 Å². The Morgan fingerprint density at radius 3 is 1.49 bits per heavy atom. The number of aliphatic hydroxyl groups excluding tert-OH is 3. The molecule has 7 unspecified atom stereocenters. The van der Waals surface area contributed by atoms with Gasteiger partial charge in [-0.2, -0.15) is 27.0 Å². The molecular weight excluding hydrogens is 1460 g/mol. The molecule has 5 aromatic rings. The van der Waals surface area contributed by atoms with Crippen LogP contribution in [0.2, 0.25) is 51.4 Å². The van der Waals surface area contributed by atoms with Crippen molar-refractivity contribution >= 4 is 78.9 Å². The number of hydrogen-bond acceptors (Lipinski definition) is 9. The number of aldehydes is 1. The monoisotopic (exact) mass is 1550 g/mol. The van der Waals surface area contributed by atoms with E-state index < -0.39 is 46.9 Å². The van der Waals surface area contributed by atoms with E-state index in [0.717, 1.165) is 103 Å². The van der Waals surface area contributed by atoms with Crippen molar-refractivity contribution in [3.8, 4) is 0 Å². The first-order valence-electron chi connectivity index (χ1n) is 30.4. The minimum absolute atomic E-state index is 0. The Balaban J connectivity index is 0.000000260. The number of aliphatic imine (C=N–C) groups is 1. The molecule has 4 saturated carbocycles. The maximum Gasteiger partial charge on any atom is 2.00 e. The van der Waals surface area contributed by atoms with E-state index in [1.807, 2.05) is 27.6 Å². The largest absolute Gasteiger partial charge is 2.00 e. The minimum Gasteiger partial charge on any atom is -0.382 e. The molecule has 3 N–H and O–H groups in total. The Hall–Kier alpha value is -3.20. The number of aliphatic hydroxyl groups is 3. The summed E-state index contributed by atoms with van der Waals surface area (Å²) in [6.07, 6.45) is 17.7. The Bertz CT molecular complexity index is 3100. The summed E-state index contributed by atoms with van der Waals surface area (Å²) in [5.41, 5.74) is 7.23. The van der Waals surface area contributed by atoms with Crippen LogP contribution in [0.1, 0.15) is 154 Å². The molecule has 2 aromatic heterocycles. The van der Waals surface area contributed by atoms with E-state index in [1.54, 1.807) is 62.8 Å². The Labute approximate surface area is 566 Å². The van der Waals surface area contributed by atoms with Crippen molar-refractivity contribution in [1.29, 1.82) is 0 Å². The van der Waals surface area contributed by atoms with Gasteiger partial charge < -0.3 is 47.8 Å². The molecule has 0 saturated heterocycles. The van der Waals surface area contributed by atoms with Gasteiger partial charge in [0.1, 0.15) is 60.9 Å². The molecule has 3 aromatic carbocycles. The number of carbonyl (C=O) groups excluding carboxylic acids is 1. The van der Waals surface area contributed by atoms with Gasteiger partial charge in [-0.3, -0.25) is 9.79 Å². The molecular formula is C67H91F6I2N5O6Si2Zn. The molecule has 11 rings (SSSR count). The van der Waals surface area contributed by atoms with Crippen LogP contribution in [0.3, 0.4) is 0 Å². The zero-order valence-electron chi connectivity index (χ0n) is 53.1. The van der Waals surface area contributed by atoms with Crippen LogP contribution in [0.5, 0.6) is 0 Å². The summed E-state index contributed by atoms with van der Waals surface area (Å²) in [5.74, 6) is 1.71. The van der Waals surface area contributed by atoms with Crippen LogP contribution >= 0.6 is 45.2 Å². The molecule has 0 amide bonds. The van der Waals surface area contributed by atoms with E-state index in [-0.39, 0.29) is 47.8 Å². The van der Waals surface area contributed by atoms with Gasteiger partial charge in [0.2, 0.25) is 6.29 Å². The number of allylic oxidation sites excluding steroid dienone is 3. The number of alkyl halides is 5. The van der Waals surface area contributed by atoms with E-state index in [2.05, 4.69) is 119 Å². The number of nitrogens with zero attached hydrogens (tertiary/aromatic N) is 5. The van der Waals surface area contributed by atoms with E-state index in [0.29, 0.717) is 55.5 Å². The van der Waals surface area contributed by atoms with Crippen LogP contribution in [-0.2, 0) is 58.0 Å². The smallest absolute Gasteiger partial charge is 0.382 e. The van der Waals surface area contributed by atoms with Crippen LogP contribution in [0.15, 0.2) is 103 Å². The van der Waals surface area contributed by atoms with Crippen molar-refractivity contribution in [3.05, 3.63) is 174 Å². The van der Waals surface area contributed by atoms with Crippen LogP contribution in [0.4, 0.5) is 26.3 Å². The fourth-order valence-electron chi connectivity index (χ4n) is 12.2. The van der Waals surface area contributed by atoms with E-state index in [9.17, 15) is 41.7 Å². The van der Waals surface area contributed by atoms with Crippen molar-refractivity contribution in [2.24, 2.45) is 16.8 Å². The second kappa shape index (κ2) is 36.5. The number of aromatic nitrogens is 4. The molecule has 0 spiro atoms. The third-order valence-corrected chi connectivity index (χ3v) is 20.2. The summed E-state index contributed by atoms with van der Waals surface area (Å²) >= 11 is 4.55. The first-order valence-corrected chi connectivity index (χ1v) is 40.9. The normalized spacial score (nSPS) is 21.0. The second-order valence-electron chi connectivity index (χ2n) is 25.1. The number of carbonyl (C=O) groups is 1. The van der Waals surface area contributed by atoms with Gasteiger partial charge in [0.05, 0.1) is 8.15 Å².